The van der Waals surface area contributed by atoms with Crippen LogP contribution >= 0.6 is 0 Å². The van der Waals surface area contributed by atoms with Gasteiger partial charge >= 0.3 is 5.97 Å². The van der Waals surface area contributed by atoms with Crippen molar-refractivity contribution in [1.29, 1.82) is 0 Å². The van der Waals surface area contributed by atoms with Crippen LogP contribution in [0.4, 0.5) is 0 Å². The minimum Gasteiger partial charge on any atom is -0.480 e. The highest BCUT2D eigenvalue weighted by Crippen LogP contribution is 2.05. The van der Waals surface area contributed by atoms with Gasteiger partial charge in [-0.05, 0) is 45.6 Å². The zero-order valence-corrected chi connectivity index (χ0v) is 18.7. The smallest absolute Gasteiger partial charge is 0.326 e. The lowest BCUT2D eigenvalue weighted by Gasteiger charge is -2.23. The molecule has 0 saturated heterocycles. The number of rotatable bonds is 17. The van der Waals surface area contributed by atoms with Crippen LogP contribution in [0.2, 0.25) is 0 Å². The van der Waals surface area contributed by atoms with Gasteiger partial charge in [-0.2, -0.15) is 0 Å². The highest BCUT2D eigenvalue weighted by Gasteiger charge is 2.29. The van der Waals surface area contributed by atoms with Crippen molar-refractivity contribution in [2.75, 3.05) is 6.54 Å². The summed E-state index contributed by atoms with van der Waals surface area (Å²) >= 11 is 0. The summed E-state index contributed by atoms with van der Waals surface area (Å²) in [7, 11) is 0. The summed E-state index contributed by atoms with van der Waals surface area (Å²) in [5.74, 6) is -4.91. The number of nitrogens with one attached hydrogen (secondary N) is 3. The molecule has 0 aromatic rings. The number of hydrogen-bond donors (Lipinski definition) is 8. The van der Waals surface area contributed by atoms with E-state index in [4.69, 9.17) is 22.9 Å². The first-order valence-corrected chi connectivity index (χ1v) is 10.5. The second kappa shape index (κ2) is 15.5. The molecule has 4 atom stereocenters. The monoisotopic (exact) mass is 473 g/mol. The molecule has 0 radical (unpaired) electrons. The van der Waals surface area contributed by atoms with E-state index < -0.39 is 59.7 Å². The van der Waals surface area contributed by atoms with Crippen molar-refractivity contribution >= 4 is 35.5 Å². The maximum absolute atomic E-state index is 12.6. The number of carboxylic acids is 1. The summed E-state index contributed by atoms with van der Waals surface area (Å²) < 4.78 is 0. The molecule has 0 spiro atoms. The average molecular weight is 474 g/mol. The van der Waals surface area contributed by atoms with Crippen LogP contribution in [0, 0.1) is 0 Å². The van der Waals surface area contributed by atoms with Crippen LogP contribution in [-0.4, -0.2) is 71.3 Å². The molecule has 0 aromatic heterocycles. The Balaban J connectivity index is 5.11. The lowest BCUT2D eigenvalue weighted by Crippen LogP contribution is -2.56. The number of carbonyl (C=O) groups excluding carboxylic acids is 5. The van der Waals surface area contributed by atoms with Crippen molar-refractivity contribution in [3.63, 3.8) is 0 Å². The maximum atomic E-state index is 12.6. The average Bonchev–Trinajstić information content (AvgIpc) is 2.73. The fraction of sp³-hybridized carbons (Fsp3) is 0.684. The van der Waals surface area contributed by atoms with E-state index in [1.165, 1.54) is 6.92 Å². The van der Waals surface area contributed by atoms with Crippen LogP contribution in [0.25, 0.3) is 0 Å². The first-order valence-electron chi connectivity index (χ1n) is 10.5. The van der Waals surface area contributed by atoms with Crippen molar-refractivity contribution in [2.24, 2.45) is 22.9 Å². The van der Waals surface area contributed by atoms with Crippen LogP contribution in [0.1, 0.15) is 51.9 Å². The summed E-state index contributed by atoms with van der Waals surface area (Å²) in [6.45, 7) is 1.71. The predicted molar refractivity (Wildman–Crippen MR) is 117 cm³/mol. The zero-order chi connectivity index (χ0) is 25.6. The minimum absolute atomic E-state index is 0.0140. The lowest BCUT2D eigenvalue weighted by atomic mass is 10.1. The molecule has 0 heterocycles. The Hall–Kier alpha value is -3.26. The third kappa shape index (κ3) is 13.0. The molecule has 0 aliphatic rings. The zero-order valence-electron chi connectivity index (χ0n) is 18.7. The number of aliphatic carboxylic acids is 1. The Labute approximate surface area is 191 Å². The molecule has 0 bridgehead atoms. The Bertz CT molecular complexity index is 717. The molecule has 0 aliphatic carbocycles. The topological polar surface area (TPSA) is 263 Å². The molecule has 188 valence electrons. The summed E-state index contributed by atoms with van der Waals surface area (Å²) in [4.78, 5) is 70.6. The maximum Gasteiger partial charge on any atom is 0.326 e. The molecule has 12 N–H and O–H groups in total. The van der Waals surface area contributed by atoms with E-state index in [1.807, 2.05) is 0 Å². The molecule has 0 rings (SSSR count). The van der Waals surface area contributed by atoms with Gasteiger partial charge in [0.15, 0.2) is 0 Å². The van der Waals surface area contributed by atoms with Gasteiger partial charge in [0.05, 0.1) is 6.04 Å². The number of primary amides is 2. The van der Waals surface area contributed by atoms with E-state index in [0.29, 0.717) is 19.4 Å². The Morgan fingerprint density at radius 3 is 1.82 bits per heavy atom. The number of carbonyl (C=O) groups is 6. The fourth-order valence-corrected chi connectivity index (χ4v) is 2.69. The quantitative estimate of drug-likeness (QED) is 0.0974. The molecule has 0 saturated carbocycles. The van der Waals surface area contributed by atoms with Gasteiger partial charge in [0.2, 0.25) is 29.5 Å². The molecule has 33 heavy (non-hydrogen) atoms. The highest BCUT2D eigenvalue weighted by atomic mass is 16.4. The summed E-state index contributed by atoms with van der Waals surface area (Å²) in [5, 5.41) is 16.4. The van der Waals surface area contributed by atoms with Gasteiger partial charge in [0.25, 0.3) is 0 Å². The van der Waals surface area contributed by atoms with Gasteiger partial charge in [-0.1, -0.05) is 0 Å². The number of amides is 5. The van der Waals surface area contributed by atoms with E-state index in [2.05, 4.69) is 16.0 Å². The second-order valence-corrected chi connectivity index (χ2v) is 7.59. The van der Waals surface area contributed by atoms with Crippen LogP contribution in [0.15, 0.2) is 0 Å². The van der Waals surface area contributed by atoms with Gasteiger partial charge < -0.3 is 44.0 Å². The Morgan fingerprint density at radius 2 is 1.30 bits per heavy atom. The molecule has 14 nitrogen and oxygen atoms in total. The van der Waals surface area contributed by atoms with Gasteiger partial charge in [-0.25, -0.2) is 4.79 Å². The molecular weight excluding hydrogens is 438 g/mol. The first-order chi connectivity index (χ1) is 15.4. The van der Waals surface area contributed by atoms with Gasteiger partial charge in [-0.3, -0.25) is 24.0 Å². The SMILES string of the molecule is CC(NC(=O)C(N)CCC(N)=O)C(=O)NC(CCC(N)=O)C(=O)NC(CCCCN)C(=O)O. The van der Waals surface area contributed by atoms with E-state index in [9.17, 15) is 33.9 Å². The molecule has 0 aliphatic heterocycles. The lowest BCUT2D eigenvalue weighted by molar-refractivity contribution is -0.142. The van der Waals surface area contributed by atoms with Crippen molar-refractivity contribution in [2.45, 2.75) is 76.0 Å². The summed E-state index contributed by atoms with van der Waals surface area (Å²) in [6, 6.07) is -4.69. The first kappa shape index (κ1) is 29.7. The van der Waals surface area contributed by atoms with Crippen molar-refractivity contribution in [3.8, 4) is 0 Å². The van der Waals surface area contributed by atoms with Crippen molar-refractivity contribution in [1.82, 2.24) is 16.0 Å². The van der Waals surface area contributed by atoms with E-state index in [0.717, 1.165) is 0 Å². The predicted octanol–water partition coefficient (Wildman–Crippen LogP) is -3.47. The molecular formula is C19H35N7O7. The largest absolute Gasteiger partial charge is 0.480 e. The highest BCUT2D eigenvalue weighted by molar-refractivity contribution is 5.94. The summed E-state index contributed by atoms with van der Waals surface area (Å²) in [6.07, 6.45) is 0.610. The third-order valence-electron chi connectivity index (χ3n) is 4.66. The Kier molecular flexibility index (Phi) is 14.0. The standard InChI is InChI=1S/C19H35N7O7/c1-10(24-17(30)11(21)5-7-14(22)27)16(29)25-12(6-8-15(23)28)18(31)26-13(19(32)33)4-2-3-9-20/h10-13H,2-9,20-21H2,1H3,(H2,22,27)(H2,23,28)(H,24,30)(H,25,29)(H,26,31)(H,32,33). The minimum atomic E-state index is -1.27. The molecule has 0 aromatic carbocycles. The van der Waals surface area contributed by atoms with Gasteiger partial charge in [0.1, 0.15) is 18.1 Å². The molecule has 14 heteroatoms. The molecule has 4 unspecified atom stereocenters. The van der Waals surface area contributed by atoms with E-state index in [-0.39, 0.29) is 32.1 Å². The Morgan fingerprint density at radius 1 is 0.758 bits per heavy atom. The van der Waals surface area contributed by atoms with Crippen molar-refractivity contribution < 1.29 is 33.9 Å². The van der Waals surface area contributed by atoms with Gasteiger partial charge in [0, 0.05) is 12.8 Å². The molecule has 5 amide bonds. The van der Waals surface area contributed by atoms with Crippen LogP contribution < -0.4 is 38.9 Å². The van der Waals surface area contributed by atoms with Crippen LogP contribution in [0.3, 0.4) is 0 Å². The van der Waals surface area contributed by atoms with E-state index >= 15 is 0 Å². The van der Waals surface area contributed by atoms with Crippen LogP contribution in [0.5, 0.6) is 0 Å². The van der Waals surface area contributed by atoms with Crippen LogP contribution in [-0.2, 0) is 28.8 Å². The summed E-state index contributed by atoms with van der Waals surface area (Å²) in [5.41, 5.74) is 21.2. The van der Waals surface area contributed by atoms with Gasteiger partial charge in [-0.15, -0.1) is 0 Å². The second-order valence-electron chi connectivity index (χ2n) is 7.59. The number of unbranched alkanes of at least 4 members (excludes halogenated alkanes) is 1. The van der Waals surface area contributed by atoms with E-state index in [1.54, 1.807) is 0 Å². The number of carboxylic acid groups (broad SMARTS) is 1. The fourth-order valence-electron chi connectivity index (χ4n) is 2.69. The number of nitrogens with two attached hydrogens (primary N) is 4. The number of hydrogen-bond acceptors (Lipinski definition) is 8. The van der Waals surface area contributed by atoms with Crippen molar-refractivity contribution in [3.05, 3.63) is 0 Å². The molecule has 0 fully saturated rings. The third-order valence-corrected chi connectivity index (χ3v) is 4.66. The normalized spacial score (nSPS) is 14.3.